The third kappa shape index (κ3) is 3.81. The Morgan fingerprint density at radius 2 is 1.92 bits per heavy atom. The van der Waals surface area contributed by atoms with Crippen LogP contribution in [0, 0.1) is 5.92 Å². The number of aliphatic carboxylic acids is 1. The maximum Gasteiger partial charge on any atom is 0.304 e. The van der Waals surface area contributed by atoms with E-state index in [0.717, 1.165) is 25.7 Å². The number of hydrogen-bond acceptors (Lipinski definition) is 3. The molecule has 0 aliphatic heterocycles. The topological polar surface area (TPSA) is 54.4 Å². The van der Waals surface area contributed by atoms with E-state index in [4.69, 9.17) is 5.11 Å². The lowest BCUT2D eigenvalue weighted by Crippen LogP contribution is -2.08. The maximum absolute atomic E-state index is 11.4. The zero-order valence-corrected chi connectivity index (χ0v) is 8.31. The van der Waals surface area contributed by atoms with Gasteiger partial charge in [0.15, 0.2) is 5.12 Å². The van der Waals surface area contributed by atoms with Crippen LogP contribution in [0.5, 0.6) is 0 Å². The summed E-state index contributed by atoms with van der Waals surface area (Å²) in [5.41, 5.74) is 0. The molecule has 1 rings (SSSR count). The highest BCUT2D eigenvalue weighted by molar-refractivity contribution is 8.13. The average molecular weight is 202 g/mol. The molecule has 1 saturated carbocycles. The third-order valence-corrected chi connectivity index (χ3v) is 3.27. The van der Waals surface area contributed by atoms with Crippen molar-refractivity contribution in [2.24, 2.45) is 5.92 Å². The van der Waals surface area contributed by atoms with Gasteiger partial charge in [0.1, 0.15) is 0 Å². The Morgan fingerprint density at radius 3 is 2.46 bits per heavy atom. The molecule has 0 aromatic heterocycles. The number of thioether (sulfide) groups is 1. The van der Waals surface area contributed by atoms with E-state index >= 15 is 0 Å². The van der Waals surface area contributed by atoms with E-state index < -0.39 is 5.97 Å². The molecule has 0 unspecified atom stereocenters. The van der Waals surface area contributed by atoms with E-state index in [0.29, 0.717) is 5.75 Å². The summed E-state index contributed by atoms with van der Waals surface area (Å²) in [5, 5.41) is 8.56. The van der Waals surface area contributed by atoms with Crippen LogP contribution in [-0.2, 0) is 9.59 Å². The van der Waals surface area contributed by atoms with E-state index in [1.54, 1.807) is 0 Å². The van der Waals surface area contributed by atoms with Gasteiger partial charge in [-0.3, -0.25) is 9.59 Å². The van der Waals surface area contributed by atoms with Crippen LogP contribution in [0.1, 0.15) is 32.1 Å². The largest absolute Gasteiger partial charge is 0.481 e. The fraction of sp³-hybridized carbons (Fsp3) is 0.778. The highest BCUT2D eigenvalue weighted by Crippen LogP contribution is 2.29. The van der Waals surface area contributed by atoms with Crippen molar-refractivity contribution in [1.82, 2.24) is 0 Å². The maximum atomic E-state index is 11.4. The fourth-order valence-electron chi connectivity index (χ4n) is 1.52. The number of rotatable bonds is 4. The van der Waals surface area contributed by atoms with Crippen molar-refractivity contribution in [2.45, 2.75) is 32.1 Å². The molecule has 1 aliphatic rings. The molecule has 1 aliphatic carbocycles. The summed E-state index contributed by atoms with van der Waals surface area (Å²) < 4.78 is 0. The highest BCUT2D eigenvalue weighted by Gasteiger charge is 2.22. The van der Waals surface area contributed by atoms with Crippen molar-refractivity contribution < 1.29 is 14.7 Å². The first-order valence-electron chi connectivity index (χ1n) is 4.58. The Kier molecular flexibility index (Phi) is 4.28. The van der Waals surface area contributed by atoms with Crippen LogP contribution in [0.4, 0.5) is 0 Å². The number of carboxylic acids is 1. The fourth-order valence-corrected chi connectivity index (χ4v) is 2.47. The predicted octanol–water partition coefficient (Wildman–Crippen LogP) is 1.91. The molecule has 1 N–H and O–H groups in total. The number of carboxylic acid groups (broad SMARTS) is 1. The van der Waals surface area contributed by atoms with Crippen molar-refractivity contribution >= 4 is 22.8 Å². The van der Waals surface area contributed by atoms with Gasteiger partial charge in [0.05, 0.1) is 6.42 Å². The Morgan fingerprint density at radius 1 is 1.31 bits per heavy atom. The quantitative estimate of drug-likeness (QED) is 0.756. The molecule has 4 heteroatoms. The third-order valence-electron chi connectivity index (χ3n) is 2.25. The molecule has 0 radical (unpaired) electrons. The van der Waals surface area contributed by atoms with Crippen LogP contribution in [0.15, 0.2) is 0 Å². The summed E-state index contributed by atoms with van der Waals surface area (Å²) in [6, 6.07) is 0. The standard InChI is InChI=1S/C9H14O3S/c10-8(11)5-6-13-9(12)7-3-1-2-4-7/h7H,1-6H2,(H,10,11). The second kappa shape index (κ2) is 5.27. The second-order valence-corrected chi connectivity index (χ2v) is 4.39. The zero-order valence-electron chi connectivity index (χ0n) is 7.49. The van der Waals surface area contributed by atoms with Crippen LogP contribution >= 0.6 is 11.8 Å². The smallest absolute Gasteiger partial charge is 0.304 e. The van der Waals surface area contributed by atoms with Gasteiger partial charge in [-0.2, -0.15) is 0 Å². The molecule has 13 heavy (non-hydrogen) atoms. The molecule has 0 aromatic carbocycles. The van der Waals surface area contributed by atoms with Crippen LogP contribution in [0.25, 0.3) is 0 Å². The van der Waals surface area contributed by atoms with Gasteiger partial charge in [-0.25, -0.2) is 0 Å². The molecule has 0 saturated heterocycles. The van der Waals surface area contributed by atoms with Gasteiger partial charge in [-0.15, -0.1) is 0 Å². The first-order chi connectivity index (χ1) is 6.20. The summed E-state index contributed by atoms with van der Waals surface area (Å²) in [4.78, 5) is 21.6. The van der Waals surface area contributed by atoms with Gasteiger partial charge < -0.3 is 5.11 Å². The van der Waals surface area contributed by atoms with E-state index in [1.165, 1.54) is 11.8 Å². The predicted molar refractivity (Wildman–Crippen MR) is 51.7 cm³/mol. The van der Waals surface area contributed by atoms with Crippen molar-refractivity contribution in [3.05, 3.63) is 0 Å². The molecule has 0 heterocycles. The summed E-state index contributed by atoms with van der Waals surface area (Å²) in [6.45, 7) is 0. The van der Waals surface area contributed by atoms with Crippen molar-refractivity contribution in [3.8, 4) is 0 Å². The van der Waals surface area contributed by atoms with Gasteiger partial charge in [0.2, 0.25) is 0 Å². The van der Waals surface area contributed by atoms with Crippen LogP contribution in [0.3, 0.4) is 0 Å². The first-order valence-corrected chi connectivity index (χ1v) is 5.57. The monoisotopic (exact) mass is 202 g/mol. The normalized spacial score (nSPS) is 17.5. The van der Waals surface area contributed by atoms with Gasteiger partial charge >= 0.3 is 5.97 Å². The number of carbonyl (C=O) groups excluding carboxylic acids is 1. The molecule has 74 valence electrons. The van der Waals surface area contributed by atoms with E-state index in [-0.39, 0.29) is 17.5 Å². The van der Waals surface area contributed by atoms with E-state index in [2.05, 4.69) is 0 Å². The molecular weight excluding hydrogens is 188 g/mol. The zero-order chi connectivity index (χ0) is 9.68. The molecule has 0 aromatic rings. The van der Waals surface area contributed by atoms with E-state index in [9.17, 15) is 9.59 Å². The molecule has 0 spiro atoms. The van der Waals surface area contributed by atoms with Crippen molar-refractivity contribution in [1.29, 1.82) is 0 Å². The lowest BCUT2D eigenvalue weighted by molar-refractivity contribution is -0.136. The first kappa shape index (κ1) is 10.6. The molecule has 0 bridgehead atoms. The molecule has 1 fully saturated rings. The second-order valence-electron chi connectivity index (χ2n) is 3.29. The Hall–Kier alpha value is -0.510. The van der Waals surface area contributed by atoms with E-state index in [1.807, 2.05) is 0 Å². The minimum absolute atomic E-state index is 0.0864. The summed E-state index contributed by atoms with van der Waals surface area (Å²) in [7, 11) is 0. The summed E-state index contributed by atoms with van der Waals surface area (Å²) >= 11 is 1.18. The van der Waals surface area contributed by atoms with Crippen molar-refractivity contribution in [2.75, 3.05) is 5.75 Å². The minimum Gasteiger partial charge on any atom is -0.481 e. The SMILES string of the molecule is O=C(O)CCSC(=O)C1CCCC1. The van der Waals surface area contributed by atoms with Gasteiger partial charge in [-0.05, 0) is 12.8 Å². The van der Waals surface area contributed by atoms with Crippen LogP contribution in [-0.4, -0.2) is 21.9 Å². The van der Waals surface area contributed by atoms with Crippen LogP contribution in [0.2, 0.25) is 0 Å². The molecule has 3 nitrogen and oxygen atoms in total. The molecular formula is C9H14O3S. The molecule has 0 amide bonds. The van der Waals surface area contributed by atoms with Gasteiger partial charge in [-0.1, -0.05) is 24.6 Å². The molecule has 0 atom stereocenters. The average Bonchev–Trinajstić information content (AvgIpc) is 2.55. The lowest BCUT2D eigenvalue weighted by Gasteiger charge is -2.05. The summed E-state index contributed by atoms with van der Waals surface area (Å²) in [6.07, 6.45) is 4.38. The Labute approximate surface area is 81.9 Å². The van der Waals surface area contributed by atoms with Crippen molar-refractivity contribution in [3.63, 3.8) is 0 Å². The van der Waals surface area contributed by atoms with Gasteiger partial charge in [0.25, 0.3) is 0 Å². The Balaban J connectivity index is 2.13. The Bertz CT molecular complexity index is 197. The minimum atomic E-state index is -0.827. The lowest BCUT2D eigenvalue weighted by atomic mass is 10.1. The van der Waals surface area contributed by atoms with Crippen LogP contribution < -0.4 is 0 Å². The highest BCUT2D eigenvalue weighted by atomic mass is 32.2. The number of hydrogen-bond donors (Lipinski definition) is 1. The number of carbonyl (C=O) groups is 2. The van der Waals surface area contributed by atoms with Gasteiger partial charge in [0, 0.05) is 11.7 Å². The summed E-state index contributed by atoms with van der Waals surface area (Å²) in [5.74, 6) is -0.199.